The molecule has 0 aliphatic carbocycles. The van der Waals surface area contributed by atoms with E-state index in [4.69, 9.17) is 21.9 Å². The molecule has 0 fully saturated rings. The second kappa shape index (κ2) is 12.4. The number of hydrogen-bond donors (Lipinski definition) is 4. The van der Waals surface area contributed by atoms with Crippen LogP contribution in [0.2, 0.25) is 0 Å². The molecule has 11 heteroatoms. The first-order chi connectivity index (χ1) is 9.33. The number of nitrogens with zero attached hydrogens (tertiary/aromatic N) is 4. The summed E-state index contributed by atoms with van der Waals surface area (Å²) in [5.74, 6) is -2.58. The van der Waals surface area contributed by atoms with Crippen molar-refractivity contribution in [3.8, 4) is 0 Å². The van der Waals surface area contributed by atoms with Crippen molar-refractivity contribution in [2.45, 2.75) is 19.8 Å². The Kier molecular flexibility index (Phi) is 12.0. The molecule has 0 spiro atoms. The van der Waals surface area contributed by atoms with Gasteiger partial charge in [-0.15, -0.1) is 10.2 Å². The number of carboxylic acid groups (broad SMARTS) is 3. The van der Waals surface area contributed by atoms with E-state index in [2.05, 4.69) is 25.5 Å². The monoisotopic (exact) mass is 287 g/mol. The number of aliphatic carboxylic acids is 3. The fraction of sp³-hybridized carbons (Fsp3) is 0.444. The summed E-state index contributed by atoms with van der Waals surface area (Å²) in [6.07, 6.45) is 0.0382. The van der Waals surface area contributed by atoms with Gasteiger partial charge in [0.2, 0.25) is 0 Å². The third kappa shape index (κ3) is 17.4. The van der Waals surface area contributed by atoms with Gasteiger partial charge in [0, 0.05) is 6.42 Å². The molecule has 11 nitrogen and oxygen atoms in total. The zero-order valence-corrected chi connectivity index (χ0v) is 10.5. The number of aromatic amines is 1. The molecule has 0 unspecified atom stereocenters. The molecule has 0 aromatic carbocycles. The second-order valence-electron chi connectivity index (χ2n) is 2.86. The first-order valence-electron chi connectivity index (χ1n) is 5.04. The lowest BCUT2D eigenvalue weighted by molar-refractivity contribution is -0.137. The number of tetrazole rings is 1. The molecule has 1 aromatic rings. The van der Waals surface area contributed by atoms with Crippen LogP contribution in [0.15, 0.2) is 0 Å². The van der Waals surface area contributed by atoms with Gasteiger partial charge in [-0.05, 0) is 0 Å². The average Bonchev–Trinajstić information content (AvgIpc) is 2.82. The summed E-state index contributed by atoms with van der Waals surface area (Å²) in [5.41, 5.74) is 0. The van der Waals surface area contributed by atoms with Crippen LogP contribution in [0.3, 0.4) is 0 Å². The number of carboxylic acids is 3. The smallest absolute Gasteiger partial charge is 0.384 e. The van der Waals surface area contributed by atoms with Crippen LogP contribution in [-0.4, -0.2) is 60.4 Å². The van der Waals surface area contributed by atoms with Crippen molar-refractivity contribution in [1.82, 2.24) is 20.6 Å². The number of hydrogen-bond acceptors (Lipinski definition) is 6. The highest BCUT2D eigenvalue weighted by Gasteiger charge is 2.02. The normalized spacial score (nSPS) is 8.00. The maximum Gasteiger partial charge on any atom is 0.384 e. The third-order valence-electron chi connectivity index (χ3n) is 1.22. The van der Waals surface area contributed by atoms with E-state index in [1.165, 1.54) is 0 Å². The summed E-state index contributed by atoms with van der Waals surface area (Å²) >= 11 is 0. The molecular weight excluding hydrogens is 274 g/mol. The summed E-state index contributed by atoms with van der Waals surface area (Å²) in [6.45, 7) is 7.16. The molecule has 1 heterocycles. The first kappa shape index (κ1) is 19.3. The number of nitrogens with one attached hydrogen (secondary N) is 1. The van der Waals surface area contributed by atoms with Gasteiger partial charge in [-0.1, -0.05) is 12.1 Å². The molecule has 0 radical (unpaired) electrons. The molecule has 1 rings (SSSR count). The van der Waals surface area contributed by atoms with Gasteiger partial charge in [-0.3, -0.25) is 9.59 Å². The molecule has 0 amide bonds. The van der Waals surface area contributed by atoms with Crippen LogP contribution in [0.1, 0.15) is 19.2 Å². The van der Waals surface area contributed by atoms with Crippen molar-refractivity contribution in [2.75, 3.05) is 6.54 Å². The van der Waals surface area contributed by atoms with E-state index in [0.717, 1.165) is 0 Å². The number of rotatable bonds is 4. The molecule has 0 saturated heterocycles. The lowest BCUT2D eigenvalue weighted by Gasteiger charge is -1.80. The van der Waals surface area contributed by atoms with E-state index < -0.39 is 24.5 Å². The van der Waals surface area contributed by atoms with Crippen molar-refractivity contribution in [1.29, 1.82) is 0 Å². The molecule has 1 aromatic heterocycles. The van der Waals surface area contributed by atoms with Crippen LogP contribution in [0.25, 0.3) is 4.85 Å². The van der Waals surface area contributed by atoms with E-state index in [1.807, 2.05) is 0 Å². The van der Waals surface area contributed by atoms with Gasteiger partial charge >= 0.3 is 24.5 Å². The Morgan fingerprint density at radius 2 is 1.75 bits per heavy atom. The maximum absolute atomic E-state index is 9.94. The molecule has 110 valence electrons. The van der Waals surface area contributed by atoms with Crippen molar-refractivity contribution >= 4 is 17.9 Å². The van der Waals surface area contributed by atoms with Crippen LogP contribution in [-0.2, 0) is 20.8 Å². The zero-order valence-electron chi connectivity index (χ0n) is 10.5. The van der Waals surface area contributed by atoms with Crippen molar-refractivity contribution in [2.24, 2.45) is 0 Å². The lowest BCUT2D eigenvalue weighted by atomic mass is 10.4. The molecule has 0 bridgehead atoms. The molecular formula is C9H13N5O6. The maximum atomic E-state index is 9.94. The Labute approximate surface area is 113 Å². The molecule has 0 aliphatic heterocycles. The summed E-state index contributed by atoms with van der Waals surface area (Å²) in [5, 5.41) is 35.8. The van der Waals surface area contributed by atoms with Crippen molar-refractivity contribution in [3.05, 3.63) is 17.2 Å². The Hall–Kier alpha value is -3.03. The predicted octanol–water partition coefficient (Wildman–Crippen LogP) is -0.702. The van der Waals surface area contributed by atoms with Crippen molar-refractivity contribution in [3.63, 3.8) is 0 Å². The molecule has 0 saturated carbocycles. The highest BCUT2D eigenvalue weighted by atomic mass is 16.4. The minimum atomic E-state index is -1.06. The van der Waals surface area contributed by atoms with E-state index in [9.17, 15) is 14.4 Å². The Balaban J connectivity index is 0. The van der Waals surface area contributed by atoms with Gasteiger partial charge in [0.25, 0.3) is 0 Å². The fourth-order valence-corrected chi connectivity index (χ4v) is 0.460. The highest BCUT2D eigenvalue weighted by molar-refractivity contribution is 5.70. The number of H-pyrrole nitrogens is 1. The predicted molar refractivity (Wildman–Crippen MR) is 62.5 cm³/mol. The zero-order chi connectivity index (χ0) is 16.0. The standard InChI is InChI=1S/C3H4N4O2.C3H3NO2.C3H6O2/c8-3(9)1-2-4-6-7-5-2;1-4-2-3(5)6;1-2-3(4)5/h1H2,(H,8,9)(H,4,5,6,7);2H2,(H,5,6);2H2,1H3,(H,4,5). The van der Waals surface area contributed by atoms with Gasteiger partial charge in [0.05, 0.1) is 0 Å². The molecule has 0 aliphatic rings. The van der Waals surface area contributed by atoms with Crippen LogP contribution in [0.5, 0.6) is 0 Å². The fourth-order valence-electron chi connectivity index (χ4n) is 0.460. The lowest BCUT2D eigenvalue weighted by Crippen LogP contribution is -2.01. The SMILES string of the molecule is CCC(=O)O.O=C(O)Cc1nn[nH]n1.[C-]#[N+]CC(=O)O. The Morgan fingerprint density at radius 3 is 1.95 bits per heavy atom. The van der Waals surface area contributed by atoms with Gasteiger partial charge in [-0.2, -0.15) is 5.21 Å². The van der Waals surface area contributed by atoms with Gasteiger partial charge in [0.1, 0.15) is 6.42 Å². The van der Waals surface area contributed by atoms with Crippen LogP contribution in [0.4, 0.5) is 0 Å². The topological polar surface area (TPSA) is 171 Å². The minimum absolute atomic E-state index is 0.184. The van der Waals surface area contributed by atoms with Gasteiger partial charge in [0.15, 0.2) is 5.82 Å². The number of aromatic nitrogens is 4. The molecule has 20 heavy (non-hydrogen) atoms. The highest BCUT2D eigenvalue weighted by Crippen LogP contribution is 1.83. The van der Waals surface area contributed by atoms with E-state index in [-0.39, 0.29) is 18.7 Å². The summed E-state index contributed by atoms with van der Waals surface area (Å²) in [4.78, 5) is 31.3. The Bertz CT molecular complexity index is 452. The third-order valence-corrected chi connectivity index (χ3v) is 1.22. The number of carbonyl (C=O) groups is 3. The van der Waals surface area contributed by atoms with Crippen molar-refractivity contribution < 1.29 is 29.7 Å². The summed E-state index contributed by atoms with van der Waals surface area (Å²) < 4.78 is 0. The van der Waals surface area contributed by atoms with Gasteiger partial charge < -0.3 is 20.2 Å². The van der Waals surface area contributed by atoms with Gasteiger partial charge in [-0.25, -0.2) is 11.4 Å². The summed E-state index contributed by atoms with van der Waals surface area (Å²) in [6, 6.07) is 0. The quantitative estimate of drug-likeness (QED) is 0.522. The molecule has 0 atom stereocenters. The molecule has 4 N–H and O–H groups in total. The average molecular weight is 287 g/mol. The van der Waals surface area contributed by atoms with Crippen LogP contribution in [0, 0.1) is 6.57 Å². The first-order valence-corrected chi connectivity index (χ1v) is 5.04. The van der Waals surface area contributed by atoms with Crippen LogP contribution >= 0.6 is 0 Å². The van der Waals surface area contributed by atoms with E-state index in [0.29, 0.717) is 0 Å². The summed E-state index contributed by atoms with van der Waals surface area (Å²) in [7, 11) is 0. The second-order valence-corrected chi connectivity index (χ2v) is 2.86. The largest absolute Gasteiger partial charge is 0.481 e. The minimum Gasteiger partial charge on any atom is -0.481 e. The Morgan fingerprint density at radius 1 is 1.20 bits per heavy atom. The van der Waals surface area contributed by atoms with E-state index >= 15 is 0 Å². The van der Waals surface area contributed by atoms with E-state index in [1.54, 1.807) is 6.92 Å². The van der Waals surface area contributed by atoms with Crippen LogP contribution < -0.4 is 0 Å².